The fraction of sp³-hybridized carbons (Fsp3) is 0.727. The highest BCUT2D eigenvalue weighted by atomic mass is 16.5. The summed E-state index contributed by atoms with van der Waals surface area (Å²) in [5.41, 5.74) is 5.01. The van der Waals surface area contributed by atoms with E-state index in [0.29, 0.717) is 12.4 Å². The molecule has 0 atom stereocenters. The summed E-state index contributed by atoms with van der Waals surface area (Å²) in [7, 11) is 0. The van der Waals surface area contributed by atoms with Crippen LogP contribution >= 0.6 is 0 Å². The van der Waals surface area contributed by atoms with E-state index >= 15 is 0 Å². The lowest BCUT2D eigenvalue weighted by molar-refractivity contribution is 0.0958. The second-order valence-electron chi connectivity index (χ2n) is 4.62. The molecule has 0 unspecified atom stereocenters. The predicted octanol–water partition coefficient (Wildman–Crippen LogP) is 0.694. The standard InChI is InChI=1S/C11H18N4O2/c1-2-7-3-8(4-7)5-13-6-9-14-11(10(12)16)17-15-9/h7-8,13H,2-6H2,1H3,(H2,12,16). The Hall–Kier alpha value is -1.43. The molecule has 1 heterocycles. The number of aromatic nitrogens is 2. The van der Waals surface area contributed by atoms with Gasteiger partial charge in [0.15, 0.2) is 5.82 Å². The molecule has 1 amide bonds. The fourth-order valence-electron chi connectivity index (χ4n) is 2.19. The summed E-state index contributed by atoms with van der Waals surface area (Å²) in [6.07, 6.45) is 3.90. The van der Waals surface area contributed by atoms with E-state index in [9.17, 15) is 4.79 Å². The molecule has 0 spiro atoms. The fourth-order valence-corrected chi connectivity index (χ4v) is 2.19. The van der Waals surface area contributed by atoms with Crippen molar-refractivity contribution in [1.29, 1.82) is 0 Å². The van der Waals surface area contributed by atoms with Crippen LogP contribution in [-0.2, 0) is 6.54 Å². The van der Waals surface area contributed by atoms with Gasteiger partial charge in [0.1, 0.15) is 0 Å². The number of hydrogen-bond acceptors (Lipinski definition) is 5. The summed E-state index contributed by atoms with van der Waals surface area (Å²) in [6.45, 7) is 3.72. The number of nitrogens with one attached hydrogen (secondary N) is 1. The van der Waals surface area contributed by atoms with E-state index < -0.39 is 5.91 Å². The van der Waals surface area contributed by atoms with Crippen molar-refractivity contribution >= 4 is 5.91 Å². The zero-order valence-corrected chi connectivity index (χ0v) is 9.98. The largest absolute Gasteiger partial charge is 0.361 e. The van der Waals surface area contributed by atoms with Gasteiger partial charge in [0.05, 0.1) is 6.54 Å². The Morgan fingerprint density at radius 1 is 1.53 bits per heavy atom. The molecule has 6 heteroatoms. The molecule has 94 valence electrons. The van der Waals surface area contributed by atoms with E-state index in [-0.39, 0.29) is 5.89 Å². The van der Waals surface area contributed by atoms with Gasteiger partial charge in [-0.15, -0.1) is 0 Å². The monoisotopic (exact) mass is 238 g/mol. The number of hydrogen-bond donors (Lipinski definition) is 2. The predicted molar refractivity (Wildman–Crippen MR) is 61.0 cm³/mol. The third-order valence-corrected chi connectivity index (χ3v) is 3.31. The Kier molecular flexibility index (Phi) is 3.73. The Labute approximate surface area is 99.9 Å². The summed E-state index contributed by atoms with van der Waals surface area (Å²) < 4.78 is 4.68. The maximum atomic E-state index is 10.7. The van der Waals surface area contributed by atoms with Crippen molar-refractivity contribution in [2.45, 2.75) is 32.7 Å². The van der Waals surface area contributed by atoms with E-state index in [1.807, 2.05) is 0 Å². The molecule has 1 aliphatic carbocycles. The van der Waals surface area contributed by atoms with Gasteiger partial charge in [-0.3, -0.25) is 4.79 Å². The normalized spacial score (nSPS) is 23.4. The zero-order valence-electron chi connectivity index (χ0n) is 9.98. The Balaban J connectivity index is 1.66. The smallest absolute Gasteiger partial charge is 0.315 e. The van der Waals surface area contributed by atoms with Crippen LogP contribution < -0.4 is 11.1 Å². The van der Waals surface area contributed by atoms with Crippen molar-refractivity contribution in [2.75, 3.05) is 6.54 Å². The second-order valence-corrected chi connectivity index (χ2v) is 4.62. The highest BCUT2D eigenvalue weighted by Crippen LogP contribution is 2.35. The van der Waals surface area contributed by atoms with Crippen molar-refractivity contribution in [3.63, 3.8) is 0 Å². The molecule has 3 N–H and O–H groups in total. The summed E-state index contributed by atoms with van der Waals surface area (Å²) in [4.78, 5) is 14.6. The summed E-state index contributed by atoms with van der Waals surface area (Å²) in [5.74, 6) is 1.34. The molecular weight excluding hydrogens is 220 g/mol. The molecule has 1 fully saturated rings. The van der Waals surface area contributed by atoms with E-state index in [1.54, 1.807) is 0 Å². The maximum Gasteiger partial charge on any atom is 0.315 e. The Morgan fingerprint density at radius 3 is 2.88 bits per heavy atom. The molecule has 0 aromatic carbocycles. The number of rotatable bonds is 6. The van der Waals surface area contributed by atoms with Gasteiger partial charge < -0.3 is 15.6 Å². The lowest BCUT2D eigenvalue weighted by Crippen LogP contribution is -2.32. The van der Waals surface area contributed by atoms with Crippen molar-refractivity contribution in [3.8, 4) is 0 Å². The highest BCUT2D eigenvalue weighted by Gasteiger charge is 2.26. The number of nitrogens with two attached hydrogens (primary N) is 1. The van der Waals surface area contributed by atoms with Crippen molar-refractivity contribution < 1.29 is 9.32 Å². The van der Waals surface area contributed by atoms with Gasteiger partial charge in [-0.1, -0.05) is 18.5 Å². The van der Waals surface area contributed by atoms with Crippen LogP contribution in [0.3, 0.4) is 0 Å². The number of primary amides is 1. The molecule has 1 aromatic heterocycles. The van der Waals surface area contributed by atoms with E-state index in [4.69, 9.17) is 5.73 Å². The minimum atomic E-state index is -0.687. The van der Waals surface area contributed by atoms with Crippen LogP contribution in [0.4, 0.5) is 0 Å². The van der Waals surface area contributed by atoms with E-state index in [0.717, 1.165) is 18.4 Å². The topological polar surface area (TPSA) is 94.0 Å². The van der Waals surface area contributed by atoms with Gasteiger partial charge in [-0.25, -0.2) is 0 Å². The van der Waals surface area contributed by atoms with Crippen molar-refractivity contribution in [1.82, 2.24) is 15.5 Å². The average Bonchev–Trinajstić information content (AvgIpc) is 2.70. The molecule has 17 heavy (non-hydrogen) atoms. The molecule has 0 aliphatic heterocycles. The third kappa shape index (κ3) is 3.03. The minimum Gasteiger partial charge on any atom is -0.361 e. The first kappa shape index (κ1) is 12.0. The number of amides is 1. The summed E-state index contributed by atoms with van der Waals surface area (Å²) in [6, 6.07) is 0. The van der Waals surface area contributed by atoms with Crippen LogP contribution in [0.25, 0.3) is 0 Å². The average molecular weight is 238 g/mol. The lowest BCUT2D eigenvalue weighted by atomic mass is 9.73. The summed E-state index contributed by atoms with van der Waals surface area (Å²) >= 11 is 0. The molecule has 1 saturated carbocycles. The molecule has 0 saturated heterocycles. The van der Waals surface area contributed by atoms with E-state index in [2.05, 4.69) is 26.9 Å². The molecule has 6 nitrogen and oxygen atoms in total. The van der Waals surface area contributed by atoms with Crippen LogP contribution in [0.15, 0.2) is 4.52 Å². The Morgan fingerprint density at radius 2 is 2.29 bits per heavy atom. The quantitative estimate of drug-likeness (QED) is 0.760. The van der Waals surface area contributed by atoms with Crippen LogP contribution in [0.1, 0.15) is 42.7 Å². The first-order valence-electron chi connectivity index (χ1n) is 6.02. The van der Waals surface area contributed by atoms with Gasteiger partial charge in [-0.2, -0.15) is 4.98 Å². The molecule has 0 bridgehead atoms. The first-order valence-corrected chi connectivity index (χ1v) is 6.02. The number of nitrogens with zero attached hydrogens (tertiary/aromatic N) is 2. The molecule has 1 aliphatic rings. The van der Waals surface area contributed by atoms with Gasteiger partial charge in [0.25, 0.3) is 0 Å². The van der Waals surface area contributed by atoms with E-state index in [1.165, 1.54) is 19.3 Å². The van der Waals surface area contributed by atoms with Crippen molar-refractivity contribution in [2.24, 2.45) is 17.6 Å². The third-order valence-electron chi connectivity index (χ3n) is 3.31. The molecular formula is C11H18N4O2. The highest BCUT2D eigenvalue weighted by molar-refractivity contribution is 5.87. The number of carbonyl (C=O) groups excluding carboxylic acids is 1. The van der Waals surface area contributed by atoms with Crippen LogP contribution in [0.5, 0.6) is 0 Å². The van der Waals surface area contributed by atoms with Crippen molar-refractivity contribution in [3.05, 3.63) is 11.7 Å². The zero-order chi connectivity index (χ0) is 12.3. The minimum absolute atomic E-state index is 0.128. The maximum absolute atomic E-state index is 10.7. The summed E-state index contributed by atoms with van der Waals surface area (Å²) in [5, 5.41) is 6.92. The van der Waals surface area contributed by atoms with Crippen LogP contribution in [0.2, 0.25) is 0 Å². The van der Waals surface area contributed by atoms with Crippen LogP contribution in [0, 0.1) is 11.8 Å². The van der Waals surface area contributed by atoms with Gasteiger partial charge in [0.2, 0.25) is 0 Å². The van der Waals surface area contributed by atoms with Gasteiger partial charge >= 0.3 is 11.8 Å². The van der Waals surface area contributed by atoms with Crippen LogP contribution in [-0.4, -0.2) is 22.6 Å². The number of carbonyl (C=O) groups is 1. The molecule has 0 radical (unpaired) electrons. The Bertz CT molecular complexity index is 385. The molecule has 2 rings (SSSR count). The first-order chi connectivity index (χ1) is 8.19. The SMILES string of the molecule is CCC1CC(CNCc2noc(C(N)=O)n2)C1. The molecule has 1 aromatic rings. The van der Waals surface area contributed by atoms with Gasteiger partial charge in [-0.05, 0) is 31.2 Å². The second kappa shape index (κ2) is 5.27. The lowest BCUT2D eigenvalue weighted by Gasteiger charge is -2.34. The van der Waals surface area contributed by atoms with Gasteiger partial charge in [0, 0.05) is 0 Å².